The first-order valence-corrected chi connectivity index (χ1v) is 33.4. The number of aromatic nitrogens is 9. The Morgan fingerprint density at radius 1 is 0.323 bits per heavy atom. The normalized spacial score (nSPS) is 10.3. The highest BCUT2D eigenvalue weighted by Crippen LogP contribution is 2.38. The molecule has 0 amide bonds. The van der Waals surface area contributed by atoms with Crippen LogP contribution in [-0.2, 0) is 28.2 Å². The maximum Gasteiger partial charge on any atom is 0.227 e. The lowest BCUT2D eigenvalue weighted by Crippen LogP contribution is -2.31. The van der Waals surface area contributed by atoms with Crippen LogP contribution in [-0.4, -0.2) is 24.9 Å². The van der Waals surface area contributed by atoms with Gasteiger partial charge in [0.1, 0.15) is 39.8 Å². The molecule has 0 aliphatic carbocycles. The smallest absolute Gasteiger partial charge is 0.227 e. The summed E-state index contributed by atoms with van der Waals surface area (Å²) in [7, 11) is 8.31. The van der Waals surface area contributed by atoms with E-state index in [1.807, 2.05) is 112 Å². The highest BCUT2D eigenvalue weighted by molar-refractivity contribution is 6.09. The molecule has 0 saturated carbocycles. The van der Waals surface area contributed by atoms with Crippen LogP contribution >= 0.6 is 0 Å². The van der Waals surface area contributed by atoms with Crippen molar-refractivity contribution in [3.05, 3.63) is 295 Å². The van der Waals surface area contributed by atoms with Crippen LogP contribution in [0, 0.1) is 48.5 Å². The molecule has 0 N–H and O–H groups in total. The highest BCUT2D eigenvalue weighted by Gasteiger charge is 2.23. The van der Waals surface area contributed by atoms with Crippen molar-refractivity contribution < 1.29 is 22.7 Å². The van der Waals surface area contributed by atoms with Crippen LogP contribution in [0.1, 0.15) is 81.1 Å². The summed E-state index contributed by atoms with van der Waals surface area (Å²) in [6.07, 6.45) is 10.3. The van der Waals surface area contributed by atoms with Gasteiger partial charge in [-0.2, -0.15) is 0 Å². The van der Waals surface area contributed by atoms with E-state index in [2.05, 4.69) is 305 Å². The summed E-state index contributed by atoms with van der Waals surface area (Å²) < 4.78 is 14.9. The number of pyridine rings is 6. The van der Waals surface area contributed by atoms with E-state index in [1.165, 1.54) is 78.3 Å². The Morgan fingerprint density at radius 3 is 1.27 bits per heavy atom. The second-order valence-electron chi connectivity index (χ2n) is 22.8. The summed E-state index contributed by atoms with van der Waals surface area (Å²) in [5.41, 5.74) is 25.2. The number of hydrogen-bond donors (Lipinski definition) is 0. The van der Waals surface area contributed by atoms with Crippen molar-refractivity contribution in [3.8, 4) is 89.9 Å². The van der Waals surface area contributed by atoms with Crippen molar-refractivity contribution in [1.29, 1.82) is 0 Å². The molecule has 0 radical (unpaired) electrons. The van der Waals surface area contributed by atoms with Crippen LogP contribution in [0.15, 0.2) is 260 Å². The predicted octanol–water partition coefficient (Wildman–Crippen LogP) is 19.5. The third-order valence-electron chi connectivity index (χ3n) is 16.2. The van der Waals surface area contributed by atoms with E-state index in [9.17, 15) is 0 Å². The molecule has 8 aromatic heterocycles. The fourth-order valence-electron chi connectivity index (χ4n) is 11.5. The second kappa shape index (κ2) is 34.3. The Kier molecular flexibility index (Phi) is 25.3. The number of benzene rings is 6. The highest BCUT2D eigenvalue weighted by atomic mass is 16.3. The molecule has 0 aliphatic heterocycles. The standard InChI is InChI=1S/C25H21N2O.C19H18N.C18H19N4.C18H17N2.3C2H6/c1-16-9-11-20-21-12-10-17(2)26-25(21)28-24(20)23(16)22-15-19(13-14-27(22)3)18-7-5-4-6-8-18;1-15-8-6-7-11-18(15)19-13-12-17(14-20(19)2)16-9-4-3-5-10-16;1-12-7-5-6-8-16(12)17-10-9-15(11-22(17)4)18-20-13(2)19-14(3)21-18;1-14-7-3-4-8-16(14)18-11-10-15(13-20(18)2)17-9-5-6-12-19-17;3*1-2/h4-15H,1-3H3;3-14H,1-2H3;5-11H,1-4H3;3-13H,1-2H3;3*1-2H3/q4*+1;;;. The number of rotatable bonds is 8. The zero-order valence-corrected chi connectivity index (χ0v) is 59.2. The van der Waals surface area contributed by atoms with Crippen molar-refractivity contribution in [3.63, 3.8) is 0 Å². The monoisotopic (exact) mass is 1270 g/mol. The molecule has 0 bridgehead atoms. The van der Waals surface area contributed by atoms with Crippen molar-refractivity contribution in [1.82, 2.24) is 24.9 Å². The Balaban J connectivity index is 0.000000161. The minimum Gasteiger partial charge on any atom is -0.437 e. The van der Waals surface area contributed by atoms with E-state index in [1.54, 1.807) is 0 Å². The average Bonchev–Trinajstić information content (AvgIpc) is 1.59. The number of aryl methyl sites for hydroxylation is 11. The van der Waals surface area contributed by atoms with Gasteiger partial charge in [-0.05, 0) is 148 Å². The average molecular weight is 1270 g/mol. The van der Waals surface area contributed by atoms with Crippen molar-refractivity contribution >= 4 is 22.1 Å². The number of fused-ring (bicyclic) bond motifs is 3. The lowest BCUT2D eigenvalue weighted by atomic mass is 9.98. The Morgan fingerprint density at radius 2 is 0.771 bits per heavy atom. The van der Waals surface area contributed by atoms with Crippen molar-refractivity contribution in [2.45, 2.75) is 90.0 Å². The van der Waals surface area contributed by atoms with Gasteiger partial charge in [-0.1, -0.05) is 175 Å². The maximum absolute atomic E-state index is 6.28. The molecule has 0 saturated heterocycles. The summed E-state index contributed by atoms with van der Waals surface area (Å²) in [5.74, 6) is 2.21. The first-order chi connectivity index (χ1) is 46.7. The summed E-state index contributed by atoms with van der Waals surface area (Å²) in [4.78, 5) is 22.1. The quantitative estimate of drug-likeness (QED) is 0.141. The molecule has 14 aromatic rings. The van der Waals surface area contributed by atoms with Crippen molar-refractivity contribution in [2.24, 2.45) is 28.2 Å². The summed E-state index contributed by atoms with van der Waals surface area (Å²) in [6, 6.07) is 77.9. The van der Waals surface area contributed by atoms with Gasteiger partial charge in [-0.15, -0.1) is 0 Å². The third-order valence-corrected chi connectivity index (χ3v) is 16.2. The lowest BCUT2D eigenvalue weighted by Gasteiger charge is -2.08. The molecule has 6 aromatic carbocycles. The van der Waals surface area contributed by atoms with E-state index < -0.39 is 0 Å². The van der Waals surface area contributed by atoms with Crippen molar-refractivity contribution in [2.75, 3.05) is 0 Å². The summed E-state index contributed by atoms with van der Waals surface area (Å²) >= 11 is 0. The van der Waals surface area contributed by atoms with E-state index in [0.717, 1.165) is 67.6 Å². The van der Waals surface area contributed by atoms with Gasteiger partial charge in [0, 0.05) is 75.2 Å². The maximum atomic E-state index is 6.28. The van der Waals surface area contributed by atoms with E-state index in [4.69, 9.17) is 4.42 Å². The van der Waals surface area contributed by atoms with Crippen LogP contribution in [0.2, 0.25) is 0 Å². The third kappa shape index (κ3) is 17.2. The summed E-state index contributed by atoms with van der Waals surface area (Å²) in [6.45, 7) is 26.3. The van der Waals surface area contributed by atoms with E-state index in [-0.39, 0.29) is 0 Å². The zero-order chi connectivity index (χ0) is 68.8. The van der Waals surface area contributed by atoms with Gasteiger partial charge in [0.05, 0.1) is 22.4 Å². The number of hydrogen-bond acceptors (Lipinski definition) is 6. The molecule has 0 unspecified atom stereocenters. The molecule has 0 aliphatic rings. The number of furan rings is 1. The zero-order valence-electron chi connectivity index (χ0n) is 59.2. The van der Waals surface area contributed by atoms with Gasteiger partial charge in [-0.25, -0.2) is 38.2 Å². The van der Waals surface area contributed by atoms with Gasteiger partial charge in [-0.3, -0.25) is 4.98 Å². The first-order valence-electron chi connectivity index (χ1n) is 33.4. The van der Waals surface area contributed by atoms with Crippen LogP contribution in [0.5, 0.6) is 0 Å². The molecule has 0 fully saturated rings. The van der Waals surface area contributed by atoms with Gasteiger partial charge < -0.3 is 4.42 Å². The minimum absolute atomic E-state index is 0.698. The van der Waals surface area contributed by atoms with Gasteiger partial charge in [0.2, 0.25) is 28.5 Å². The van der Waals surface area contributed by atoms with Gasteiger partial charge >= 0.3 is 0 Å². The van der Waals surface area contributed by atoms with E-state index >= 15 is 0 Å². The largest absolute Gasteiger partial charge is 0.437 e. The first kappa shape index (κ1) is 70.9. The van der Waals surface area contributed by atoms with Crippen LogP contribution in [0.25, 0.3) is 112 Å². The minimum atomic E-state index is 0.698. The molecule has 484 valence electrons. The molecule has 0 spiro atoms. The molecular formula is C86H93N9O+4. The molecule has 0 atom stereocenters. The Hall–Kier alpha value is -11.0. The molecular weight excluding hydrogens is 1180 g/mol. The number of nitrogens with zero attached hydrogens (tertiary/aromatic N) is 9. The van der Waals surface area contributed by atoms with Gasteiger partial charge in [0.15, 0.2) is 36.2 Å². The Labute approximate surface area is 569 Å². The predicted molar refractivity (Wildman–Crippen MR) is 397 cm³/mol. The van der Waals surface area contributed by atoms with Gasteiger partial charge in [0.25, 0.3) is 0 Å². The molecule has 8 heterocycles. The van der Waals surface area contributed by atoms with Crippen LogP contribution in [0.4, 0.5) is 0 Å². The fraction of sp³-hybridized carbons (Fsp3) is 0.198. The molecule has 96 heavy (non-hydrogen) atoms. The summed E-state index contributed by atoms with van der Waals surface area (Å²) in [5, 5.41) is 2.16. The molecule has 14 rings (SSSR count). The van der Waals surface area contributed by atoms with Crippen LogP contribution in [0.3, 0.4) is 0 Å². The molecule has 10 nitrogen and oxygen atoms in total. The topological polar surface area (TPSA) is 93.1 Å². The van der Waals surface area contributed by atoms with E-state index in [0.29, 0.717) is 5.71 Å². The molecule has 10 heteroatoms. The second-order valence-corrected chi connectivity index (χ2v) is 22.8. The SMILES string of the molecule is CC.CC.CC.Cc1ccc2c(n1)oc1c(-c3cc(-c4ccccc4)cc[n+]3C)c(C)ccc12.Cc1ccccc1-c1ccc(-c2ccccc2)c[n+]1C.Cc1ccccc1-c1ccc(-c2ccccn2)c[n+]1C.Cc1nc(C)nc(-c2ccc(-c3ccccc3C)[n+](C)c2)n1. The lowest BCUT2D eigenvalue weighted by molar-refractivity contribution is -0.660. The Bertz CT molecular complexity index is 4700. The fourth-order valence-corrected chi connectivity index (χ4v) is 11.5. The van der Waals surface area contributed by atoms with Crippen LogP contribution < -0.4 is 18.3 Å².